The molecule has 0 bridgehead atoms. The smallest absolute Gasteiger partial charge is 0.247 e. The predicted octanol–water partition coefficient (Wildman–Crippen LogP) is 2.69. The molecule has 0 N–H and O–H groups in total. The summed E-state index contributed by atoms with van der Waals surface area (Å²) in [5, 5.41) is 0.915. The first-order chi connectivity index (χ1) is 12.5. The van der Waals surface area contributed by atoms with Crippen LogP contribution in [0.5, 0.6) is 5.75 Å². The Bertz CT molecular complexity index is 1100. The maximum absolute atomic E-state index is 13.2. The number of pyridine rings is 2. The Balaban J connectivity index is 1.74. The van der Waals surface area contributed by atoms with Gasteiger partial charge in [-0.1, -0.05) is 6.07 Å². The predicted molar refractivity (Wildman–Crippen MR) is 98.6 cm³/mol. The van der Waals surface area contributed by atoms with E-state index in [0.29, 0.717) is 30.9 Å². The first-order valence-electron chi connectivity index (χ1n) is 8.37. The Hall–Kier alpha value is -2.51. The second-order valence-electron chi connectivity index (χ2n) is 6.39. The molecule has 0 fully saturated rings. The molecule has 0 saturated heterocycles. The first kappa shape index (κ1) is 16.9. The van der Waals surface area contributed by atoms with E-state index in [9.17, 15) is 8.42 Å². The molecule has 1 aliphatic heterocycles. The third kappa shape index (κ3) is 2.83. The largest absolute Gasteiger partial charge is 0.495 e. The minimum absolute atomic E-state index is 0.207. The number of nitrogens with zero attached hydrogens (tertiary/aromatic N) is 3. The molecule has 7 heteroatoms. The quantitative estimate of drug-likeness (QED) is 0.710. The van der Waals surface area contributed by atoms with Crippen LogP contribution in [0.1, 0.15) is 16.8 Å². The molecule has 0 saturated carbocycles. The highest BCUT2D eigenvalue weighted by Crippen LogP contribution is 2.31. The summed E-state index contributed by atoms with van der Waals surface area (Å²) < 4.78 is 33.2. The molecule has 6 nitrogen and oxygen atoms in total. The Labute approximate surface area is 152 Å². The number of methoxy groups -OCH3 is 1. The van der Waals surface area contributed by atoms with Crippen molar-refractivity contribution in [2.45, 2.75) is 24.8 Å². The molecule has 1 aromatic carbocycles. The second kappa shape index (κ2) is 6.34. The van der Waals surface area contributed by atoms with Gasteiger partial charge in [0.05, 0.1) is 7.11 Å². The molecule has 0 atom stereocenters. The zero-order chi connectivity index (χ0) is 18.3. The van der Waals surface area contributed by atoms with Crippen LogP contribution in [-0.4, -0.2) is 36.3 Å². The zero-order valence-corrected chi connectivity index (χ0v) is 15.5. The number of hydrogen-bond donors (Lipinski definition) is 0. The number of benzene rings is 1. The fourth-order valence-corrected chi connectivity index (χ4v) is 4.93. The van der Waals surface area contributed by atoms with Gasteiger partial charge in [0.15, 0.2) is 5.65 Å². The van der Waals surface area contributed by atoms with Gasteiger partial charge in [-0.2, -0.15) is 4.31 Å². The van der Waals surface area contributed by atoms with Gasteiger partial charge in [0.25, 0.3) is 0 Å². The lowest BCUT2D eigenvalue weighted by atomic mass is 10.1. The molecular formula is C19H19N3O3S. The van der Waals surface area contributed by atoms with Crippen LogP contribution in [0, 0.1) is 6.92 Å². The number of sulfonamides is 1. The van der Waals surface area contributed by atoms with E-state index < -0.39 is 10.0 Å². The van der Waals surface area contributed by atoms with E-state index in [-0.39, 0.29) is 4.90 Å². The molecular weight excluding hydrogens is 350 g/mol. The van der Waals surface area contributed by atoms with Gasteiger partial charge in [0.1, 0.15) is 10.6 Å². The standard InChI is InChI=1S/C19H19N3O3S/c1-13-5-6-17(25-2)18(10-13)26(23,24)22-9-7-16-15(12-22)11-14-4-3-8-20-19(14)21-16/h3-6,8,10-11H,7,9,12H2,1-2H3. The molecule has 3 heterocycles. The molecule has 0 amide bonds. The number of ether oxygens (including phenoxy) is 1. The molecule has 0 aliphatic carbocycles. The summed E-state index contributed by atoms with van der Waals surface area (Å²) in [7, 11) is -2.17. The van der Waals surface area contributed by atoms with Gasteiger partial charge in [-0.25, -0.2) is 18.4 Å². The Kier molecular flexibility index (Phi) is 4.13. The molecule has 0 unspecified atom stereocenters. The molecule has 0 spiro atoms. The van der Waals surface area contributed by atoms with Crippen molar-refractivity contribution in [3.8, 4) is 5.75 Å². The summed E-state index contributed by atoms with van der Waals surface area (Å²) in [4.78, 5) is 9.08. The highest BCUT2D eigenvalue weighted by Gasteiger charge is 2.31. The van der Waals surface area contributed by atoms with Crippen LogP contribution in [-0.2, 0) is 23.0 Å². The van der Waals surface area contributed by atoms with Crippen LogP contribution in [0.4, 0.5) is 0 Å². The molecule has 0 radical (unpaired) electrons. The monoisotopic (exact) mass is 369 g/mol. The number of hydrogen-bond acceptors (Lipinski definition) is 5. The fourth-order valence-electron chi connectivity index (χ4n) is 3.27. The van der Waals surface area contributed by atoms with Crippen molar-refractivity contribution in [3.05, 3.63) is 59.4 Å². The van der Waals surface area contributed by atoms with E-state index in [4.69, 9.17) is 4.74 Å². The van der Waals surface area contributed by atoms with Crippen molar-refractivity contribution < 1.29 is 13.2 Å². The van der Waals surface area contributed by atoms with Crippen molar-refractivity contribution in [2.24, 2.45) is 0 Å². The maximum Gasteiger partial charge on any atom is 0.247 e. The molecule has 1 aliphatic rings. The summed E-state index contributed by atoms with van der Waals surface area (Å²) >= 11 is 0. The van der Waals surface area contributed by atoms with Gasteiger partial charge >= 0.3 is 0 Å². The molecule has 134 valence electrons. The van der Waals surface area contributed by atoms with Crippen molar-refractivity contribution >= 4 is 21.1 Å². The minimum atomic E-state index is -3.66. The van der Waals surface area contributed by atoms with Crippen molar-refractivity contribution in [3.63, 3.8) is 0 Å². The van der Waals surface area contributed by atoms with E-state index in [0.717, 1.165) is 22.2 Å². The molecule has 3 aromatic rings. The van der Waals surface area contributed by atoms with Gasteiger partial charge < -0.3 is 4.74 Å². The summed E-state index contributed by atoms with van der Waals surface area (Å²) in [6.45, 7) is 2.55. The van der Waals surface area contributed by atoms with Gasteiger partial charge in [-0.15, -0.1) is 0 Å². The van der Waals surface area contributed by atoms with Crippen LogP contribution in [0.25, 0.3) is 11.0 Å². The summed E-state index contributed by atoms with van der Waals surface area (Å²) in [6.07, 6.45) is 2.28. The number of fused-ring (bicyclic) bond motifs is 2. The Morgan fingerprint density at radius 1 is 1.19 bits per heavy atom. The van der Waals surface area contributed by atoms with Crippen LogP contribution >= 0.6 is 0 Å². The van der Waals surface area contributed by atoms with Gasteiger partial charge in [0.2, 0.25) is 10.0 Å². The van der Waals surface area contributed by atoms with E-state index in [2.05, 4.69) is 9.97 Å². The van der Waals surface area contributed by atoms with Gasteiger partial charge in [-0.05, 0) is 48.4 Å². The molecule has 2 aromatic heterocycles. The normalized spacial score (nSPS) is 15.0. The lowest BCUT2D eigenvalue weighted by molar-refractivity contribution is 0.376. The molecule has 4 rings (SSSR count). The minimum Gasteiger partial charge on any atom is -0.495 e. The topological polar surface area (TPSA) is 72.4 Å². The van der Waals surface area contributed by atoms with E-state index in [1.807, 2.05) is 31.2 Å². The summed E-state index contributed by atoms with van der Waals surface area (Å²) in [6, 6.07) is 11.0. The number of aromatic nitrogens is 2. The number of aryl methyl sites for hydroxylation is 1. The zero-order valence-electron chi connectivity index (χ0n) is 14.6. The average Bonchev–Trinajstić information content (AvgIpc) is 2.65. The lowest BCUT2D eigenvalue weighted by Crippen LogP contribution is -2.36. The van der Waals surface area contributed by atoms with Gasteiger partial charge in [0, 0.05) is 36.8 Å². The Morgan fingerprint density at radius 2 is 2.04 bits per heavy atom. The summed E-state index contributed by atoms with van der Waals surface area (Å²) in [5.74, 6) is 0.363. The molecule has 26 heavy (non-hydrogen) atoms. The van der Waals surface area contributed by atoms with Crippen LogP contribution in [0.2, 0.25) is 0 Å². The second-order valence-corrected chi connectivity index (χ2v) is 8.29. The third-order valence-electron chi connectivity index (χ3n) is 4.64. The van der Waals surface area contributed by atoms with E-state index >= 15 is 0 Å². The van der Waals surface area contributed by atoms with Gasteiger partial charge in [-0.3, -0.25) is 0 Å². The van der Waals surface area contributed by atoms with Crippen molar-refractivity contribution in [1.82, 2.24) is 14.3 Å². The average molecular weight is 369 g/mol. The van der Waals surface area contributed by atoms with Crippen molar-refractivity contribution in [1.29, 1.82) is 0 Å². The van der Waals surface area contributed by atoms with E-state index in [1.54, 1.807) is 18.3 Å². The van der Waals surface area contributed by atoms with Crippen LogP contribution in [0.3, 0.4) is 0 Å². The Morgan fingerprint density at radius 3 is 2.85 bits per heavy atom. The highest BCUT2D eigenvalue weighted by atomic mass is 32.2. The summed E-state index contributed by atoms with van der Waals surface area (Å²) in [5.41, 5.74) is 3.41. The lowest BCUT2D eigenvalue weighted by Gasteiger charge is -2.28. The van der Waals surface area contributed by atoms with Crippen molar-refractivity contribution in [2.75, 3.05) is 13.7 Å². The SMILES string of the molecule is COc1ccc(C)cc1S(=O)(=O)N1CCc2nc3ncccc3cc2C1. The fraction of sp³-hybridized carbons (Fsp3) is 0.263. The first-order valence-corrected chi connectivity index (χ1v) is 9.81. The van der Waals surface area contributed by atoms with Crippen LogP contribution in [0.15, 0.2) is 47.5 Å². The van der Waals surface area contributed by atoms with Crippen LogP contribution < -0.4 is 4.74 Å². The number of rotatable bonds is 3. The third-order valence-corrected chi connectivity index (χ3v) is 6.51. The maximum atomic E-state index is 13.2. The van der Waals surface area contributed by atoms with E-state index in [1.165, 1.54) is 11.4 Å². The highest BCUT2D eigenvalue weighted by molar-refractivity contribution is 7.89.